The minimum Gasteiger partial charge on any atom is -0.369 e. The first kappa shape index (κ1) is 29.4. The van der Waals surface area contributed by atoms with Crippen molar-refractivity contribution in [3.63, 3.8) is 0 Å². The first-order valence-corrected chi connectivity index (χ1v) is 13.9. The van der Waals surface area contributed by atoms with E-state index in [0.29, 0.717) is 24.2 Å². The molecule has 0 radical (unpaired) electrons. The molecule has 3 fully saturated rings. The largest absolute Gasteiger partial charge is 0.430 e. The van der Waals surface area contributed by atoms with Crippen LogP contribution in [0.1, 0.15) is 46.7 Å². The second kappa shape index (κ2) is 10.3. The zero-order chi connectivity index (χ0) is 29.2. The monoisotopic (exact) mass is 630 g/mol. The van der Waals surface area contributed by atoms with E-state index in [1.54, 1.807) is 9.80 Å². The van der Waals surface area contributed by atoms with Crippen molar-refractivity contribution in [2.75, 3.05) is 19.6 Å². The van der Waals surface area contributed by atoms with E-state index in [4.69, 9.17) is 23.2 Å². The van der Waals surface area contributed by atoms with Crippen LogP contribution in [0.5, 0.6) is 0 Å². The van der Waals surface area contributed by atoms with Gasteiger partial charge in [0.15, 0.2) is 0 Å². The van der Waals surface area contributed by atoms with Crippen LogP contribution in [0.3, 0.4) is 0 Å². The van der Waals surface area contributed by atoms with Gasteiger partial charge < -0.3 is 15.3 Å². The summed E-state index contributed by atoms with van der Waals surface area (Å²) in [7, 11) is 0. The van der Waals surface area contributed by atoms with Crippen LogP contribution in [0.25, 0.3) is 10.4 Å². The molecule has 5 rings (SSSR count). The number of nitrogens with one attached hydrogen (secondary N) is 1. The molecule has 7 nitrogen and oxygen atoms in total. The molecule has 0 atom stereocenters. The molecule has 3 aliphatic rings. The molecule has 40 heavy (non-hydrogen) atoms. The molecule has 0 spiro atoms. The first-order chi connectivity index (χ1) is 18.6. The quantitative estimate of drug-likeness (QED) is 0.448. The molecule has 1 aromatic carbocycles. The van der Waals surface area contributed by atoms with Gasteiger partial charge in [0.2, 0.25) is 5.91 Å². The summed E-state index contributed by atoms with van der Waals surface area (Å²) in [6, 6.07) is 1.30. The Morgan fingerprint density at radius 1 is 1.05 bits per heavy atom. The van der Waals surface area contributed by atoms with Crippen molar-refractivity contribution in [2.24, 2.45) is 0 Å². The van der Waals surface area contributed by atoms with Crippen molar-refractivity contribution >= 4 is 46.4 Å². The van der Waals surface area contributed by atoms with Crippen LogP contribution in [0.2, 0.25) is 10.0 Å². The smallest absolute Gasteiger partial charge is 0.369 e. The Labute approximate surface area is 238 Å². The van der Waals surface area contributed by atoms with E-state index < -0.39 is 39.5 Å². The fraction of sp³-hybridized carbons (Fsp3) is 0.542. The highest BCUT2D eigenvalue weighted by Crippen LogP contribution is 2.54. The van der Waals surface area contributed by atoms with Crippen molar-refractivity contribution in [3.8, 4) is 10.4 Å². The summed E-state index contributed by atoms with van der Waals surface area (Å²) in [4.78, 5) is 33.7. The number of thiazole rings is 1. The normalized spacial score (nSPS) is 22.2. The van der Waals surface area contributed by atoms with E-state index in [2.05, 4.69) is 10.3 Å². The molecule has 3 aliphatic heterocycles. The zero-order valence-electron chi connectivity index (χ0n) is 20.5. The number of benzene rings is 1. The molecule has 0 unspecified atom stereocenters. The number of hydrogen-bond donors (Lipinski definition) is 2. The number of fused-ring (bicyclic) bond motifs is 2. The number of alkyl halides is 6. The summed E-state index contributed by atoms with van der Waals surface area (Å²) in [5.41, 5.74) is -7.11. The lowest BCUT2D eigenvalue weighted by atomic mass is 9.91. The van der Waals surface area contributed by atoms with E-state index in [-0.39, 0.29) is 47.2 Å². The van der Waals surface area contributed by atoms with Crippen LogP contribution >= 0.6 is 34.5 Å². The van der Waals surface area contributed by atoms with Crippen molar-refractivity contribution < 1.29 is 41.0 Å². The third-order valence-corrected chi connectivity index (χ3v) is 9.53. The van der Waals surface area contributed by atoms with Crippen LogP contribution in [0.4, 0.5) is 26.3 Å². The lowest BCUT2D eigenvalue weighted by Crippen LogP contribution is -2.54. The number of nitrogens with zero attached hydrogens (tertiary/aromatic N) is 3. The van der Waals surface area contributed by atoms with E-state index >= 15 is 0 Å². The number of hydrogen-bond acceptors (Lipinski definition) is 6. The molecule has 4 heterocycles. The molecule has 0 saturated carbocycles. The second-order valence-corrected chi connectivity index (χ2v) is 11.9. The highest BCUT2D eigenvalue weighted by molar-refractivity contribution is 7.15. The summed E-state index contributed by atoms with van der Waals surface area (Å²) in [5, 5.41) is 11.1. The predicted molar refractivity (Wildman–Crippen MR) is 134 cm³/mol. The van der Waals surface area contributed by atoms with Gasteiger partial charge in [-0.2, -0.15) is 26.3 Å². The highest BCUT2D eigenvalue weighted by Gasteiger charge is 2.72. The van der Waals surface area contributed by atoms with Gasteiger partial charge in [-0.25, -0.2) is 4.98 Å². The summed E-state index contributed by atoms with van der Waals surface area (Å²) in [5.74, 6) is -0.613. The predicted octanol–water partition coefficient (Wildman–Crippen LogP) is 5.13. The minimum atomic E-state index is -6.16. The van der Waals surface area contributed by atoms with Crippen molar-refractivity contribution in [1.82, 2.24) is 20.1 Å². The third-order valence-electron chi connectivity index (χ3n) is 7.58. The van der Waals surface area contributed by atoms with E-state index in [1.165, 1.54) is 0 Å². The van der Waals surface area contributed by atoms with Gasteiger partial charge in [-0.05, 0) is 25.7 Å². The van der Waals surface area contributed by atoms with E-state index in [0.717, 1.165) is 43.1 Å². The molecular formula is C24H22Cl2F6N4O3S. The molecular weight excluding hydrogens is 609 g/mol. The van der Waals surface area contributed by atoms with Crippen molar-refractivity contribution in [2.45, 2.75) is 62.3 Å². The van der Waals surface area contributed by atoms with Crippen LogP contribution in [-0.2, 0) is 16.9 Å². The highest BCUT2D eigenvalue weighted by atomic mass is 35.5. The maximum Gasteiger partial charge on any atom is 0.430 e. The van der Waals surface area contributed by atoms with Crippen LogP contribution in [0, 0.1) is 0 Å². The molecule has 1 aromatic heterocycles. The average molecular weight is 631 g/mol. The van der Waals surface area contributed by atoms with Gasteiger partial charge in [0, 0.05) is 36.3 Å². The van der Waals surface area contributed by atoms with E-state index in [1.807, 2.05) is 0 Å². The maximum absolute atomic E-state index is 13.7. The number of piperazine rings is 1. The van der Waals surface area contributed by atoms with Gasteiger partial charge in [0.1, 0.15) is 10.7 Å². The fourth-order valence-electron chi connectivity index (χ4n) is 5.61. The van der Waals surface area contributed by atoms with Gasteiger partial charge in [0.05, 0.1) is 28.0 Å². The average Bonchev–Trinajstić information content (AvgIpc) is 3.58. The lowest BCUT2D eigenvalue weighted by Gasteiger charge is -2.33. The van der Waals surface area contributed by atoms with Gasteiger partial charge >= 0.3 is 12.4 Å². The van der Waals surface area contributed by atoms with Gasteiger partial charge in [-0.15, -0.1) is 11.3 Å². The SMILES string of the molecule is O=C1CN(Cc2nc(C(=O)N3C4CCC3CC4)c(-c3ccc(C(O)(C(F)(F)F)C(F)(F)F)c(Cl)c3Cl)s2)CCN1. The first-order valence-electron chi connectivity index (χ1n) is 12.3. The van der Waals surface area contributed by atoms with Crippen LogP contribution < -0.4 is 5.32 Å². The molecule has 2 aromatic rings. The number of aromatic nitrogens is 1. The summed E-state index contributed by atoms with van der Waals surface area (Å²) in [6.07, 6.45) is -9.04. The van der Waals surface area contributed by atoms with Crippen LogP contribution in [-0.4, -0.2) is 75.8 Å². The molecule has 3 saturated heterocycles. The Bertz CT molecular complexity index is 1320. The van der Waals surface area contributed by atoms with Crippen molar-refractivity contribution in [1.29, 1.82) is 0 Å². The molecule has 218 valence electrons. The lowest BCUT2D eigenvalue weighted by molar-refractivity contribution is -0.376. The minimum absolute atomic E-state index is 0.0105. The van der Waals surface area contributed by atoms with E-state index in [9.17, 15) is 41.0 Å². The zero-order valence-corrected chi connectivity index (χ0v) is 22.8. The number of carbonyl (C=O) groups excluding carboxylic acids is 2. The van der Waals surface area contributed by atoms with Gasteiger partial charge in [-0.1, -0.05) is 35.3 Å². The van der Waals surface area contributed by atoms with Gasteiger partial charge in [-0.3, -0.25) is 14.5 Å². The summed E-state index contributed by atoms with van der Waals surface area (Å²) >= 11 is 13.2. The summed E-state index contributed by atoms with van der Waals surface area (Å²) in [6.45, 7) is 1.18. The number of aliphatic hydroxyl groups is 1. The maximum atomic E-state index is 13.7. The Hall–Kier alpha value is -2.13. The Morgan fingerprint density at radius 3 is 2.20 bits per heavy atom. The molecule has 16 heteroatoms. The topological polar surface area (TPSA) is 85.8 Å². The Morgan fingerprint density at radius 2 is 1.65 bits per heavy atom. The van der Waals surface area contributed by atoms with Crippen molar-refractivity contribution in [3.05, 3.63) is 38.4 Å². The molecule has 0 aliphatic carbocycles. The second-order valence-electron chi connectivity index (χ2n) is 10.0. The Kier molecular flexibility index (Phi) is 7.56. The molecule has 2 bridgehead atoms. The number of rotatable bonds is 5. The standard InChI is InChI=1S/C24H22Cl2F6N4O3S/c25-17-13(5-6-14(18(17)26)22(39,23(27,28)29)24(30,31)32)20-19(21(38)36-11-1-2-12(36)4-3-11)34-16(40-20)10-35-8-7-33-15(37)9-35/h5-6,11-12,39H,1-4,7-10H2,(H,33,37). The molecule has 2 N–H and O–H groups in total. The summed E-state index contributed by atoms with van der Waals surface area (Å²) < 4.78 is 81.2. The van der Waals surface area contributed by atoms with Gasteiger partial charge in [0.25, 0.3) is 11.5 Å². The Balaban J connectivity index is 1.59. The van der Waals surface area contributed by atoms with Crippen LogP contribution in [0.15, 0.2) is 12.1 Å². The number of carbonyl (C=O) groups is 2. The number of halogens is 8. The third kappa shape index (κ3) is 4.85. The molecule has 2 amide bonds. The fourth-order valence-corrected chi connectivity index (χ4v) is 7.36. The number of amides is 2.